The Morgan fingerprint density at radius 3 is 1.33 bits per heavy atom. The first-order valence-corrected chi connectivity index (χ1v) is 5.35. The number of halogens is 11. The Kier molecular flexibility index (Phi) is 4.60. The van der Waals surface area contributed by atoms with E-state index in [0.717, 1.165) is 0 Å². The highest BCUT2D eigenvalue weighted by molar-refractivity contribution is 7.87. The number of rotatable bonds is 5. The van der Waals surface area contributed by atoms with Gasteiger partial charge in [0.15, 0.2) is 0 Å². The van der Waals surface area contributed by atoms with Crippen molar-refractivity contribution in [2.45, 2.75) is 29.5 Å². The van der Waals surface area contributed by atoms with Crippen LogP contribution in [0.2, 0.25) is 0 Å². The van der Waals surface area contributed by atoms with Gasteiger partial charge in [-0.2, -0.15) is 52.3 Å². The van der Waals surface area contributed by atoms with Gasteiger partial charge < -0.3 is 5.11 Å². The fourth-order valence-electron chi connectivity index (χ4n) is 0.668. The lowest BCUT2D eigenvalue weighted by molar-refractivity contribution is -0.507. The molecule has 0 aromatic carbocycles. The maximum absolute atomic E-state index is 12.7. The van der Waals surface area contributed by atoms with E-state index in [1.807, 2.05) is 0 Å². The van der Waals surface area contributed by atoms with E-state index in [2.05, 4.69) is 0 Å². The van der Waals surface area contributed by atoms with Gasteiger partial charge in [-0.1, -0.05) is 3.89 Å². The van der Waals surface area contributed by atoms with Crippen LogP contribution in [-0.4, -0.2) is 43.0 Å². The molecule has 0 saturated carbocycles. The summed E-state index contributed by atoms with van der Waals surface area (Å²) in [6.45, 7) is 0. The highest BCUT2D eigenvalue weighted by atomic mass is 32.3. The molecule has 21 heavy (non-hydrogen) atoms. The summed E-state index contributed by atoms with van der Waals surface area (Å²) in [5.41, 5.74) is 0. The minimum absolute atomic E-state index is 1.45. The molecule has 0 aliphatic heterocycles. The second-order valence-corrected chi connectivity index (χ2v) is 4.60. The quantitative estimate of drug-likeness (QED) is 0.599. The maximum Gasteiger partial charge on any atom is 0.464 e. The van der Waals surface area contributed by atoms with Crippen LogP contribution in [0.4, 0.5) is 47.8 Å². The molecule has 0 fully saturated rings. The van der Waals surface area contributed by atoms with Crippen LogP contribution in [0, 0.1) is 0 Å². The Balaban J connectivity index is 6.01. The fourth-order valence-corrected chi connectivity index (χ4v) is 0.993. The van der Waals surface area contributed by atoms with Gasteiger partial charge in [0.2, 0.25) is 0 Å². The Labute approximate surface area is 107 Å². The van der Waals surface area contributed by atoms with Gasteiger partial charge in [-0.15, -0.1) is 0 Å². The topological polar surface area (TPSA) is 63.6 Å². The predicted molar refractivity (Wildman–Crippen MR) is 38.1 cm³/mol. The summed E-state index contributed by atoms with van der Waals surface area (Å²) in [5.74, 6) is -7.16. The zero-order chi connectivity index (χ0) is 17.7. The largest absolute Gasteiger partial charge is 0.464 e. The molecule has 0 bridgehead atoms. The van der Waals surface area contributed by atoms with Crippen molar-refractivity contribution in [3.05, 3.63) is 0 Å². The van der Waals surface area contributed by atoms with E-state index >= 15 is 0 Å². The van der Waals surface area contributed by atoms with Crippen molar-refractivity contribution in [1.29, 1.82) is 0 Å². The van der Waals surface area contributed by atoms with E-state index in [9.17, 15) is 56.2 Å². The summed E-state index contributed by atoms with van der Waals surface area (Å²) in [5, 5.41) is 0.371. The second kappa shape index (κ2) is 4.80. The van der Waals surface area contributed by atoms with E-state index in [1.165, 1.54) is 4.74 Å². The van der Waals surface area contributed by atoms with E-state index in [1.54, 1.807) is 0 Å². The third-order valence-corrected chi connectivity index (χ3v) is 2.52. The average molecular weight is 366 g/mol. The highest BCUT2D eigenvalue weighted by Crippen LogP contribution is 2.51. The van der Waals surface area contributed by atoms with Gasteiger partial charge >= 0.3 is 39.7 Å². The maximum atomic E-state index is 12.7. The molecule has 0 rings (SSSR count). The third-order valence-electron chi connectivity index (χ3n) is 1.67. The number of alkyl halides is 10. The van der Waals surface area contributed by atoms with Crippen molar-refractivity contribution < 1.29 is 66.1 Å². The molecule has 0 heterocycles. The Morgan fingerprint density at radius 2 is 1.14 bits per heavy atom. The van der Waals surface area contributed by atoms with Gasteiger partial charge in [0.1, 0.15) is 0 Å². The highest BCUT2D eigenvalue weighted by Gasteiger charge is 2.81. The van der Waals surface area contributed by atoms with Crippen LogP contribution in [0.3, 0.4) is 0 Å². The molecule has 1 N–H and O–H groups in total. The summed E-state index contributed by atoms with van der Waals surface area (Å²) < 4.78 is 154. The number of hydrogen-bond acceptors (Lipinski definition) is 4. The van der Waals surface area contributed by atoms with Crippen molar-refractivity contribution in [2.75, 3.05) is 0 Å². The van der Waals surface area contributed by atoms with Crippen LogP contribution < -0.4 is 0 Å². The van der Waals surface area contributed by atoms with E-state index in [4.69, 9.17) is 5.11 Å². The second-order valence-electron chi connectivity index (χ2n) is 3.21. The lowest BCUT2D eigenvalue weighted by Crippen LogP contribution is -2.63. The lowest BCUT2D eigenvalue weighted by atomic mass is 10.2. The van der Waals surface area contributed by atoms with E-state index < -0.39 is 39.7 Å². The number of ether oxygens (including phenoxy) is 1. The molecule has 0 amide bonds. The van der Waals surface area contributed by atoms with Crippen LogP contribution in [-0.2, 0) is 15.0 Å². The first-order chi connectivity index (χ1) is 8.71. The molecular formula is C5HF11O4S. The monoisotopic (exact) mass is 366 g/mol. The fraction of sp³-hybridized carbons (Fsp3) is 1.00. The zero-order valence-electron chi connectivity index (χ0n) is 8.74. The van der Waals surface area contributed by atoms with Gasteiger partial charge in [0, 0.05) is 0 Å². The van der Waals surface area contributed by atoms with Crippen molar-refractivity contribution in [1.82, 2.24) is 0 Å². The van der Waals surface area contributed by atoms with Gasteiger partial charge in [0.05, 0.1) is 0 Å². The molecule has 128 valence electrons. The Morgan fingerprint density at radius 1 is 0.810 bits per heavy atom. The lowest BCUT2D eigenvalue weighted by Gasteiger charge is -2.34. The summed E-state index contributed by atoms with van der Waals surface area (Å²) in [6.07, 6.45) is -21.3. The van der Waals surface area contributed by atoms with Crippen LogP contribution in [0.25, 0.3) is 0 Å². The summed E-state index contributed by atoms with van der Waals surface area (Å²) in [4.78, 5) is 0. The summed E-state index contributed by atoms with van der Waals surface area (Å²) in [6, 6.07) is 0. The molecule has 0 aromatic rings. The van der Waals surface area contributed by atoms with Gasteiger partial charge in [-0.25, -0.2) is 0 Å². The van der Waals surface area contributed by atoms with Crippen LogP contribution in [0.1, 0.15) is 0 Å². The number of hydrogen-bond donors (Lipinski definition) is 1. The number of aliphatic hydroxyl groups is 1. The molecule has 1 atom stereocenters. The summed E-state index contributed by atoms with van der Waals surface area (Å²) in [7, 11) is -7.69. The smallest absolute Gasteiger partial charge is 0.331 e. The molecule has 0 aliphatic carbocycles. The third kappa shape index (κ3) is 3.31. The van der Waals surface area contributed by atoms with Crippen LogP contribution >= 0.6 is 0 Å². The SMILES string of the molecule is O=S(=O)(F)C(F)(F)C(F)(F)OC(F)(C(O)(F)F)C(F)(F)F. The van der Waals surface area contributed by atoms with Gasteiger partial charge in [-0.05, 0) is 0 Å². The van der Waals surface area contributed by atoms with Crippen LogP contribution in [0.15, 0.2) is 0 Å². The standard InChI is InChI=1S/C5HF11O4S/c6-1(2(7,8)9,3(10,11)17)20-4(12,13)5(14,15)21(16,18)19/h17H. The predicted octanol–water partition coefficient (Wildman–Crippen LogP) is 2.30. The minimum atomic E-state index is -7.69. The average Bonchev–Trinajstić information content (AvgIpc) is 2.10. The van der Waals surface area contributed by atoms with Crippen molar-refractivity contribution in [3.63, 3.8) is 0 Å². The Bertz CT molecular complexity index is 474. The first-order valence-electron chi connectivity index (χ1n) is 3.96. The van der Waals surface area contributed by atoms with Gasteiger partial charge in [-0.3, -0.25) is 4.74 Å². The molecule has 0 saturated heterocycles. The molecule has 16 heteroatoms. The molecule has 0 radical (unpaired) electrons. The molecule has 0 aliphatic rings. The minimum Gasteiger partial charge on any atom is -0.331 e. The normalized spacial score (nSPS) is 18.5. The Hall–Kier alpha value is -0.900. The van der Waals surface area contributed by atoms with Crippen molar-refractivity contribution in [2.24, 2.45) is 0 Å². The van der Waals surface area contributed by atoms with Crippen LogP contribution in [0.5, 0.6) is 0 Å². The first kappa shape index (κ1) is 20.1. The van der Waals surface area contributed by atoms with Crippen molar-refractivity contribution >= 4 is 10.2 Å². The zero-order valence-corrected chi connectivity index (χ0v) is 9.55. The summed E-state index contributed by atoms with van der Waals surface area (Å²) >= 11 is 0. The van der Waals surface area contributed by atoms with Gasteiger partial charge in [0.25, 0.3) is 0 Å². The molecule has 0 spiro atoms. The van der Waals surface area contributed by atoms with E-state index in [0.29, 0.717) is 0 Å². The molecule has 4 nitrogen and oxygen atoms in total. The van der Waals surface area contributed by atoms with Crippen molar-refractivity contribution in [3.8, 4) is 0 Å². The molecule has 1 unspecified atom stereocenters. The molecule has 0 aromatic heterocycles. The molecular weight excluding hydrogens is 365 g/mol. The van der Waals surface area contributed by atoms with E-state index in [-0.39, 0.29) is 0 Å².